The lowest BCUT2D eigenvalue weighted by Gasteiger charge is -2.00. The summed E-state index contributed by atoms with van der Waals surface area (Å²) in [5.41, 5.74) is 5.10. The van der Waals surface area contributed by atoms with Gasteiger partial charge in [0.2, 0.25) is 5.91 Å². The van der Waals surface area contributed by atoms with E-state index in [1.54, 1.807) is 30.5 Å². The molecule has 0 fully saturated rings. The van der Waals surface area contributed by atoms with Gasteiger partial charge in [0.25, 0.3) is 0 Å². The van der Waals surface area contributed by atoms with Crippen molar-refractivity contribution in [3.8, 4) is 22.9 Å². The summed E-state index contributed by atoms with van der Waals surface area (Å²) >= 11 is 1.54. The van der Waals surface area contributed by atoms with Crippen molar-refractivity contribution in [1.29, 1.82) is 0 Å². The maximum absolute atomic E-state index is 11.1. The lowest BCUT2D eigenvalue weighted by molar-refractivity contribution is -0.115. The number of nitrogens with zero attached hydrogens (tertiary/aromatic N) is 6. The number of aromatic nitrogens is 6. The number of rotatable bonds is 3. The zero-order chi connectivity index (χ0) is 15.7. The molecule has 0 aromatic carbocycles. The Bertz CT molecular complexity index is 839. The molecule has 0 radical (unpaired) electrons. The Morgan fingerprint density at radius 2 is 2.05 bits per heavy atom. The van der Waals surface area contributed by atoms with Crippen molar-refractivity contribution in [1.82, 2.24) is 30.1 Å². The molecule has 0 bridgehead atoms. The summed E-state index contributed by atoms with van der Waals surface area (Å²) in [6.45, 7) is 5.13. The molecule has 0 saturated heterocycles. The van der Waals surface area contributed by atoms with Crippen LogP contribution in [0, 0.1) is 13.8 Å². The first-order chi connectivity index (χ1) is 10.5. The number of aryl methyl sites for hydroxylation is 2. The zero-order valence-corrected chi connectivity index (χ0v) is 13.0. The average molecular weight is 315 g/mol. The van der Waals surface area contributed by atoms with Gasteiger partial charge >= 0.3 is 0 Å². The van der Waals surface area contributed by atoms with Crippen LogP contribution in [0.25, 0.3) is 22.9 Å². The molecular formula is C13H13N7OS. The van der Waals surface area contributed by atoms with Crippen LogP contribution in [0.1, 0.15) is 17.6 Å². The fraction of sp³-hybridized carbons (Fsp3) is 0.231. The molecule has 0 saturated carbocycles. The van der Waals surface area contributed by atoms with Crippen LogP contribution in [0.4, 0.5) is 0 Å². The smallest absolute Gasteiger partial charge is 0.238 e. The van der Waals surface area contributed by atoms with Crippen molar-refractivity contribution < 1.29 is 4.79 Å². The molecule has 9 heteroatoms. The minimum atomic E-state index is -0.247. The Morgan fingerprint density at radius 3 is 2.73 bits per heavy atom. The SMILES string of the molecule is CC(=O)Nn1nc(C)c(-c2ccnc(-c3csc(C)n3)n2)n1. The molecule has 1 N–H and O–H groups in total. The molecule has 1 amide bonds. The van der Waals surface area contributed by atoms with Gasteiger partial charge in [-0.25, -0.2) is 20.4 Å². The Kier molecular flexibility index (Phi) is 3.63. The van der Waals surface area contributed by atoms with Gasteiger partial charge in [-0.05, 0) is 19.9 Å². The van der Waals surface area contributed by atoms with Gasteiger partial charge in [-0.15, -0.1) is 21.5 Å². The highest BCUT2D eigenvalue weighted by atomic mass is 32.1. The van der Waals surface area contributed by atoms with Crippen molar-refractivity contribution in [2.45, 2.75) is 20.8 Å². The molecule has 0 atom stereocenters. The van der Waals surface area contributed by atoms with E-state index in [0.29, 0.717) is 22.9 Å². The molecule has 0 aliphatic rings. The van der Waals surface area contributed by atoms with E-state index in [-0.39, 0.29) is 5.91 Å². The molecule has 3 heterocycles. The third kappa shape index (κ3) is 2.84. The van der Waals surface area contributed by atoms with Crippen molar-refractivity contribution in [3.05, 3.63) is 28.3 Å². The van der Waals surface area contributed by atoms with Crippen LogP contribution in [0.5, 0.6) is 0 Å². The third-order valence-corrected chi connectivity index (χ3v) is 3.56. The Labute approximate surface area is 130 Å². The maximum atomic E-state index is 11.1. The second kappa shape index (κ2) is 5.60. The van der Waals surface area contributed by atoms with Crippen molar-refractivity contribution in [2.24, 2.45) is 0 Å². The van der Waals surface area contributed by atoms with Crippen molar-refractivity contribution in [3.63, 3.8) is 0 Å². The molecule has 3 rings (SSSR count). The second-order valence-electron chi connectivity index (χ2n) is 4.61. The molecule has 3 aromatic rings. The van der Waals surface area contributed by atoms with Gasteiger partial charge in [0.05, 0.1) is 16.4 Å². The van der Waals surface area contributed by atoms with E-state index < -0.39 is 0 Å². The van der Waals surface area contributed by atoms with E-state index in [9.17, 15) is 4.79 Å². The number of thiazole rings is 1. The molecule has 112 valence electrons. The van der Waals surface area contributed by atoms with E-state index in [1.165, 1.54) is 6.92 Å². The number of nitrogens with one attached hydrogen (secondary N) is 1. The van der Waals surface area contributed by atoms with Gasteiger partial charge in [0.1, 0.15) is 11.4 Å². The van der Waals surface area contributed by atoms with Crippen LogP contribution in [0.2, 0.25) is 0 Å². The molecule has 0 unspecified atom stereocenters. The normalized spacial score (nSPS) is 10.7. The molecular weight excluding hydrogens is 302 g/mol. The van der Waals surface area contributed by atoms with Crippen LogP contribution >= 0.6 is 11.3 Å². The topological polar surface area (TPSA) is 98.5 Å². The van der Waals surface area contributed by atoms with Crippen LogP contribution in [-0.2, 0) is 4.79 Å². The highest BCUT2D eigenvalue weighted by Crippen LogP contribution is 2.22. The lowest BCUT2D eigenvalue weighted by atomic mass is 10.2. The zero-order valence-electron chi connectivity index (χ0n) is 12.2. The van der Waals surface area contributed by atoms with Gasteiger partial charge in [-0.2, -0.15) is 0 Å². The first-order valence-electron chi connectivity index (χ1n) is 6.50. The molecule has 3 aromatic heterocycles. The molecule has 8 nitrogen and oxygen atoms in total. The minimum Gasteiger partial charge on any atom is -0.273 e. The summed E-state index contributed by atoms with van der Waals surface area (Å²) in [5, 5.41) is 11.2. The third-order valence-electron chi connectivity index (χ3n) is 2.79. The summed E-state index contributed by atoms with van der Waals surface area (Å²) in [5.74, 6) is 0.290. The molecule has 0 spiro atoms. The second-order valence-corrected chi connectivity index (χ2v) is 5.67. The van der Waals surface area contributed by atoms with Gasteiger partial charge in [0, 0.05) is 18.5 Å². The Balaban J connectivity index is 1.99. The van der Waals surface area contributed by atoms with E-state index >= 15 is 0 Å². The first kappa shape index (κ1) is 14.3. The summed E-state index contributed by atoms with van der Waals surface area (Å²) in [6, 6.07) is 1.75. The van der Waals surface area contributed by atoms with E-state index in [1.807, 2.05) is 12.3 Å². The quantitative estimate of drug-likeness (QED) is 0.787. The maximum Gasteiger partial charge on any atom is 0.238 e. The number of carbonyl (C=O) groups is 1. The average Bonchev–Trinajstić information content (AvgIpc) is 3.05. The number of hydrogen-bond acceptors (Lipinski definition) is 7. The predicted octanol–water partition coefficient (Wildman–Crippen LogP) is 1.57. The van der Waals surface area contributed by atoms with Gasteiger partial charge in [-0.3, -0.25) is 4.79 Å². The first-order valence-corrected chi connectivity index (χ1v) is 7.38. The van der Waals surface area contributed by atoms with Crippen LogP contribution in [0.15, 0.2) is 17.6 Å². The summed E-state index contributed by atoms with van der Waals surface area (Å²) in [4.78, 5) is 25.3. The highest BCUT2D eigenvalue weighted by molar-refractivity contribution is 7.09. The Morgan fingerprint density at radius 1 is 1.23 bits per heavy atom. The number of hydrogen-bond donors (Lipinski definition) is 1. The van der Waals surface area contributed by atoms with E-state index in [0.717, 1.165) is 15.6 Å². The molecule has 22 heavy (non-hydrogen) atoms. The molecule has 0 aliphatic heterocycles. The van der Waals surface area contributed by atoms with Gasteiger partial charge in [-0.1, -0.05) is 4.91 Å². The van der Waals surface area contributed by atoms with Gasteiger partial charge < -0.3 is 0 Å². The lowest BCUT2D eigenvalue weighted by Crippen LogP contribution is -2.22. The van der Waals surface area contributed by atoms with E-state index in [4.69, 9.17) is 0 Å². The Hall–Kier alpha value is -2.68. The fourth-order valence-corrected chi connectivity index (χ4v) is 2.48. The van der Waals surface area contributed by atoms with Crippen LogP contribution in [-0.4, -0.2) is 36.0 Å². The van der Waals surface area contributed by atoms with Crippen LogP contribution < -0.4 is 5.43 Å². The summed E-state index contributed by atoms with van der Waals surface area (Å²) in [6.07, 6.45) is 1.66. The highest BCUT2D eigenvalue weighted by Gasteiger charge is 2.14. The van der Waals surface area contributed by atoms with Crippen molar-refractivity contribution in [2.75, 3.05) is 5.43 Å². The molecule has 0 aliphatic carbocycles. The van der Waals surface area contributed by atoms with Crippen LogP contribution in [0.3, 0.4) is 0 Å². The number of carbonyl (C=O) groups excluding carboxylic acids is 1. The minimum absolute atomic E-state index is 0.247. The largest absolute Gasteiger partial charge is 0.273 e. The summed E-state index contributed by atoms with van der Waals surface area (Å²) < 4.78 is 0. The number of amides is 1. The predicted molar refractivity (Wildman–Crippen MR) is 81.7 cm³/mol. The van der Waals surface area contributed by atoms with Gasteiger partial charge in [0.15, 0.2) is 5.82 Å². The summed E-state index contributed by atoms with van der Waals surface area (Å²) in [7, 11) is 0. The standard InChI is InChI=1S/C13H13N7OS/c1-7-12(19-20(17-7)18-8(2)21)10-4-5-14-13(16-10)11-6-22-9(3)15-11/h4-6H,1-3H3,(H,18,21). The van der Waals surface area contributed by atoms with Crippen molar-refractivity contribution >= 4 is 17.2 Å². The van der Waals surface area contributed by atoms with E-state index in [2.05, 4.69) is 30.6 Å². The fourth-order valence-electron chi connectivity index (χ4n) is 1.89. The monoisotopic (exact) mass is 315 g/mol.